The molecule has 0 unspecified atom stereocenters. The van der Waals surface area contributed by atoms with Crippen LogP contribution in [0.4, 0.5) is 0 Å². The Morgan fingerprint density at radius 2 is 1.68 bits per heavy atom. The van der Waals surface area contributed by atoms with Gasteiger partial charge in [0.1, 0.15) is 5.84 Å². The zero-order valence-corrected chi connectivity index (χ0v) is 17.0. The Morgan fingerprint density at radius 1 is 0.964 bits per heavy atom. The monoisotopic (exact) mass is 398 g/mol. The van der Waals surface area contributed by atoms with Crippen molar-refractivity contribution in [1.82, 2.24) is 9.80 Å². The average Bonchev–Trinajstić information content (AvgIpc) is 2.97. The fourth-order valence-electron chi connectivity index (χ4n) is 3.49. The third-order valence-corrected chi connectivity index (χ3v) is 5.35. The van der Waals surface area contributed by atoms with E-state index < -0.39 is 0 Å². The molecule has 6 heteroatoms. The molecule has 2 aromatic rings. The van der Waals surface area contributed by atoms with Crippen LogP contribution in [0.2, 0.25) is 5.02 Å². The topological polar surface area (TPSA) is 63.4 Å². The van der Waals surface area contributed by atoms with Gasteiger partial charge in [0.15, 0.2) is 0 Å². The molecule has 0 aromatic heterocycles. The largest absolute Gasteiger partial charge is 0.383 e. The molecule has 0 atom stereocenters. The van der Waals surface area contributed by atoms with Gasteiger partial charge in [-0.05, 0) is 25.1 Å². The van der Waals surface area contributed by atoms with Gasteiger partial charge in [-0.3, -0.25) is 15.7 Å². The van der Waals surface area contributed by atoms with E-state index in [0.717, 1.165) is 62.4 Å². The first-order chi connectivity index (χ1) is 13.6. The van der Waals surface area contributed by atoms with Crippen LogP contribution < -0.4 is 0 Å². The van der Waals surface area contributed by atoms with Crippen molar-refractivity contribution in [2.24, 2.45) is 0 Å². The van der Waals surface area contributed by atoms with E-state index in [0.29, 0.717) is 16.6 Å². The lowest BCUT2D eigenvalue weighted by Crippen LogP contribution is -2.36. The third kappa shape index (κ3) is 4.98. The standard InChI is InChI=1S/C22H27ClN4O/c1-28-16-15-26-11-4-12-27(14-13-26)22(25)20-6-3-2-5-19(20)21(24)17-7-9-18(23)10-8-17/h2-3,5-10,24-25H,4,11-16H2,1H3. The van der Waals surface area contributed by atoms with Gasteiger partial charge in [-0.2, -0.15) is 0 Å². The molecule has 1 aliphatic rings. The molecule has 2 N–H and O–H groups in total. The van der Waals surface area contributed by atoms with Gasteiger partial charge >= 0.3 is 0 Å². The predicted molar refractivity (Wildman–Crippen MR) is 115 cm³/mol. The zero-order chi connectivity index (χ0) is 19.9. The highest BCUT2D eigenvalue weighted by Gasteiger charge is 2.21. The molecule has 1 heterocycles. The van der Waals surface area contributed by atoms with Crippen molar-refractivity contribution >= 4 is 23.1 Å². The summed E-state index contributed by atoms with van der Waals surface area (Å²) in [6, 6.07) is 15.0. The molecule has 148 valence electrons. The second-order valence-electron chi connectivity index (χ2n) is 6.95. The SMILES string of the molecule is COCCN1CCCN(C(=N)c2ccccc2C(=N)c2ccc(Cl)cc2)CC1. The highest BCUT2D eigenvalue weighted by atomic mass is 35.5. The first kappa shape index (κ1) is 20.5. The highest BCUT2D eigenvalue weighted by molar-refractivity contribution is 6.30. The number of amidine groups is 1. The van der Waals surface area contributed by atoms with E-state index in [4.69, 9.17) is 27.2 Å². The summed E-state index contributed by atoms with van der Waals surface area (Å²) in [5.74, 6) is 0.489. The lowest BCUT2D eigenvalue weighted by Gasteiger charge is -2.25. The van der Waals surface area contributed by atoms with E-state index in [1.807, 2.05) is 36.4 Å². The van der Waals surface area contributed by atoms with Gasteiger partial charge in [-0.25, -0.2) is 0 Å². The fraction of sp³-hybridized carbons (Fsp3) is 0.364. The summed E-state index contributed by atoms with van der Waals surface area (Å²) in [6.07, 6.45) is 1.02. The number of benzene rings is 2. The first-order valence-electron chi connectivity index (χ1n) is 9.59. The van der Waals surface area contributed by atoms with Crippen molar-refractivity contribution in [2.45, 2.75) is 6.42 Å². The van der Waals surface area contributed by atoms with Crippen molar-refractivity contribution in [2.75, 3.05) is 46.4 Å². The Labute approximate surface area is 171 Å². The number of ether oxygens (including phenoxy) is 1. The molecule has 28 heavy (non-hydrogen) atoms. The Kier molecular flexibility index (Phi) is 7.20. The highest BCUT2D eigenvalue weighted by Crippen LogP contribution is 2.19. The first-order valence-corrected chi connectivity index (χ1v) is 9.97. The van der Waals surface area contributed by atoms with E-state index >= 15 is 0 Å². The molecule has 1 fully saturated rings. The second kappa shape index (κ2) is 9.82. The second-order valence-corrected chi connectivity index (χ2v) is 7.39. The average molecular weight is 399 g/mol. The summed E-state index contributed by atoms with van der Waals surface area (Å²) in [5, 5.41) is 18.1. The minimum atomic E-state index is 0.411. The number of nitrogens with zero attached hydrogens (tertiary/aromatic N) is 2. The van der Waals surface area contributed by atoms with E-state index in [2.05, 4.69) is 9.80 Å². The van der Waals surface area contributed by atoms with Crippen LogP contribution in [0.1, 0.15) is 23.1 Å². The Balaban J connectivity index is 1.77. The van der Waals surface area contributed by atoms with Crippen molar-refractivity contribution < 1.29 is 4.74 Å². The molecule has 0 aliphatic carbocycles. The van der Waals surface area contributed by atoms with Crippen LogP contribution in [0.5, 0.6) is 0 Å². The maximum atomic E-state index is 8.82. The van der Waals surface area contributed by atoms with E-state index in [9.17, 15) is 0 Å². The summed E-state index contributed by atoms with van der Waals surface area (Å²) in [6.45, 7) is 5.27. The van der Waals surface area contributed by atoms with Gasteiger partial charge < -0.3 is 9.64 Å². The molecule has 0 radical (unpaired) electrons. The van der Waals surface area contributed by atoms with Gasteiger partial charge in [0.05, 0.1) is 12.3 Å². The number of hydrogen-bond acceptors (Lipinski definition) is 4. The summed E-state index contributed by atoms with van der Waals surface area (Å²) in [5.41, 5.74) is 2.78. The number of halogens is 1. The van der Waals surface area contributed by atoms with Crippen molar-refractivity contribution in [3.63, 3.8) is 0 Å². The van der Waals surface area contributed by atoms with Crippen LogP contribution in [0.15, 0.2) is 48.5 Å². The van der Waals surface area contributed by atoms with E-state index in [1.54, 1.807) is 19.2 Å². The molecular weight excluding hydrogens is 372 g/mol. The summed E-state index contributed by atoms with van der Waals surface area (Å²) < 4.78 is 5.19. The van der Waals surface area contributed by atoms with E-state index in [1.165, 1.54) is 0 Å². The Bertz CT molecular complexity index is 822. The lowest BCUT2D eigenvalue weighted by atomic mass is 9.96. The van der Waals surface area contributed by atoms with Gasteiger partial charge in [0.25, 0.3) is 0 Å². The fourth-order valence-corrected chi connectivity index (χ4v) is 3.61. The smallest absolute Gasteiger partial charge is 0.128 e. The van der Waals surface area contributed by atoms with Crippen molar-refractivity contribution in [3.8, 4) is 0 Å². The van der Waals surface area contributed by atoms with Crippen LogP contribution in [0.25, 0.3) is 0 Å². The third-order valence-electron chi connectivity index (χ3n) is 5.10. The van der Waals surface area contributed by atoms with Gasteiger partial charge in [-0.1, -0.05) is 48.0 Å². The molecule has 0 spiro atoms. The van der Waals surface area contributed by atoms with Crippen LogP contribution in [-0.2, 0) is 4.74 Å². The maximum absolute atomic E-state index is 8.82. The van der Waals surface area contributed by atoms with Gasteiger partial charge in [0, 0.05) is 55.0 Å². The minimum Gasteiger partial charge on any atom is -0.383 e. The van der Waals surface area contributed by atoms with Crippen LogP contribution in [0.3, 0.4) is 0 Å². The molecule has 0 bridgehead atoms. The maximum Gasteiger partial charge on any atom is 0.128 e. The van der Waals surface area contributed by atoms with Crippen LogP contribution in [-0.4, -0.2) is 67.8 Å². The number of hydrogen-bond donors (Lipinski definition) is 2. The van der Waals surface area contributed by atoms with Crippen LogP contribution >= 0.6 is 11.6 Å². The molecule has 0 amide bonds. The van der Waals surface area contributed by atoms with E-state index in [-0.39, 0.29) is 0 Å². The molecule has 1 aliphatic heterocycles. The molecule has 3 rings (SSSR count). The quantitative estimate of drug-likeness (QED) is 0.575. The molecule has 5 nitrogen and oxygen atoms in total. The van der Waals surface area contributed by atoms with Gasteiger partial charge in [0.2, 0.25) is 0 Å². The molecular formula is C22H27ClN4O. The summed E-state index contributed by atoms with van der Waals surface area (Å²) >= 11 is 5.98. The lowest BCUT2D eigenvalue weighted by molar-refractivity contribution is 0.151. The minimum absolute atomic E-state index is 0.411. The predicted octanol–water partition coefficient (Wildman–Crippen LogP) is 3.74. The Hall–Kier alpha value is -2.21. The number of rotatable bonds is 6. The van der Waals surface area contributed by atoms with Crippen molar-refractivity contribution in [3.05, 3.63) is 70.2 Å². The number of nitrogens with one attached hydrogen (secondary N) is 2. The molecule has 2 aromatic carbocycles. The van der Waals surface area contributed by atoms with Crippen molar-refractivity contribution in [1.29, 1.82) is 10.8 Å². The van der Waals surface area contributed by atoms with Gasteiger partial charge in [-0.15, -0.1) is 0 Å². The molecule has 1 saturated heterocycles. The van der Waals surface area contributed by atoms with Crippen LogP contribution in [0, 0.1) is 10.8 Å². The zero-order valence-electron chi connectivity index (χ0n) is 16.2. The Morgan fingerprint density at radius 3 is 2.39 bits per heavy atom. The normalized spacial score (nSPS) is 15.3. The molecule has 0 saturated carbocycles. The number of methoxy groups -OCH3 is 1. The summed E-state index contributed by atoms with van der Waals surface area (Å²) in [7, 11) is 1.73. The summed E-state index contributed by atoms with van der Waals surface area (Å²) in [4.78, 5) is 4.51.